The van der Waals surface area contributed by atoms with Gasteiger partial charge in [-0.1, -0.05) is 0 Å². The first-order valence-electron chi connectivity index (χ1n) is 5.98. The number of rotatable bonds is 2. The zero-order valence-corrected chi connectivity index (χ0v) is 10.2. The summed E-state index contributed by atoms with van der Waals surface area (Å²) < 4.78 is 17.2. The molecule has 4 rings (SSSR count). The maximum Gasteiger partial charge on any atom is 0.173 e. The largest absolute Gasteiger partial charge is 0.365 e. The van der Waals surface area contributed by atoms with Crippen molar-refractivity contribution in [3.63, 3.8) is 0 Å². The van der Waals surface area contributed by atoms with Crippen molar-refractivity contribution in [3.05, 3.63) is 0 Å². The van der Waals surface area contributed by atoms with Crippen LogP contribution in [0.3, 0.4) is 0 Å². The molecule has 2 atom stereocenters. The average Bonchev–Trinajstić information content (AvgIpc) is 2.15. The third-order valence-corrected chi connectivity index (χ3v) is 4.70. The minimum Gasteiger partial charge on any atom is -0.365 e. The first-order chi connectivity index (χ1) is 7.45. The van der Waals surface area contributed by atoms with Gasteiger partial charge in [0, 0.05) is 38.9 Å². The van der Waals surface area contributed by atoms with Gasteiger partial charge >= 0.3 is 0 Å². The first kappa shape index (κ1) is 11.0. The molecule has 2 aliphatic heterocycles. The minimum atomic E-state index is -0.943. The monoisotopic (exact) mass is 228 g/mol. The summed E-state index contributed by atoms with van der Waals surface area (Å²) in [6.45, 7) is 2.09. The Hall–Kier alpha value is -0.160. The summed E-state index contributed by atoms with van der Waals surface area (Å²) in [4.78, 5) is 0. The topological polar surface area (TPSA) is 47.9 Å². The van der Waals surface area contributed by atoms with Gasteiger partial charge in [-0.3, -0.25) is 0 Å². The Labute approximate surface area is 95.9 Å². The summed E-state index contributed by atoms with van der Waals surface area (Å²) in [6.07, 6.45) is 3.07. The van der Waals surface area contributed by atoms with Gasteiger partial charge in [-0.25, -0.2) is 0 Å². The van der Waals surface area contributed by atoms with Crippen LogP contribution in [0.2, 0.25) is 0 Å². The van der Waals surface area contributed by atoms with Crippen molar-refractivity contribution < 1.29 is 19.3 Å². The number of hydrogen-bond donors (Lipinski definition) is 1. The van der Waals surface area contributed by atoms with Crippen LogP contribution in [0.5, 0.6) is 0 Å². The van der Waals surface area contributed by atoms with E-state index in [0.29, 0.717) is 12.8 Å². The second kappa shape index (κ2) is 2.99. The van der Waals surface area contributed by atoms with Gasteiger partial charge in [0.05, 0.1) is 5.60 Å². The van der Waals surface area contributed by atoms with Crippen LogP contribution in [-0.2, 0) is 14.2 Å². The molecule has 0 amide bonds. The van der Waals surface area contributed by atoms with Gasteiger partial charge in [0.15, 0.2) is 11.6 Å². The lowest BCUT2D eigenvalue weighted by atomic mass is 9.58. The molecule has 0 aromatic rings. The predicted octanol–water partition coefficient (Wildman–Crippen LogP) is 1.27. The van der Waals surface area contributed by atoms with Gasteiger partial charge in [-0.15, -0.1) is 0 Å². The van der Waals surface area contributed by atoms with Crippen LogP contribution in [0.1, 0.15) is 32.6 Å². The summed E-state index contributed by atoms with van der Waals surface area (Å²) >= 11 is 0. The van der Waals surface area contributed by atoms with Crippen LogP contribution in [-0.4, -0.2) is 36.5 Å². The van der Waals surface area contributed by atoms with Crippen molar-refractivity contribution >= 4 is 0 Å². The van der Waals surface area contributed by atoms with E-state index in [4.69, 9.17) is 14.2 Å². The second-order valence-electron chi connectivity index (χ2n) is 5.84. The van der Waals surface area contributed by atoms with Crippen molar-refractivity contribution in [1.29, 1.82) is 0 Å². The normalized spacial score (nSPS) is 53.2. The molecule has 4 bridgehead atoms. The molecule has 2 aliphatic carbocycles. The van der Waals surface area contributed by atoms with E-state index in [9.17, 15) is 5.11 Å². The summed E-state index contributed by atoms with van der Waals surface area (Å²) in [7, 11) is 3.41. The molecule has 0 aromatic carbocycles. The second-order valence-corrected chi connectivity index (χ2v) is 5.84. The van der Waals surface area contributed by atoms with Crippen LogP contribution in [0.25, 0.3) is 0 Å². The predicted molar refractivity (Wildman–Crippen MR) is 56.6 cm³/mol. The molecule has 1 N–H and O–H groups in total. The van der Waals surface area contributed by atoms with E-state index in [1.165, 1.54) is 0 Å². The number of aliphatic hydroxyl groups is 1. The standard InChI is InChI=1S/C12H20O4/c1-10-4-8-6-11(13,16-10)7-9(5-10)12(8,14-2)15-3/h8-9,13H,4-7H2,1-3H3. The Bertz CT molecular complexity index is 272. The van der Waals surface area contributed by atoms with E-state index in [1.54, 1.807) is 14.2 Å². The van der Waals surface area contributed by atoms with Crippen molar-refractivity contribution in [2.24, 2.45) is 11.8 Å². The fourth-order valence-electron chi connectivity index (χ4n) is 4.40. The Morgan fingerprint density at radius 2 is 1.56 bits per heavy atom. The summed E-state index contributed by atoms with van der Waals surface area (Å²) in [6, 6.07) is 0. The first-order valence-corrected chi connectivity index (χ1v) is 5.98. The van der Waals surface area contributed by atoms with Gasteiger partial charge in [0.1, 0.15) is 0 Å². The van der Waals surface area contributed by atoms with Crippen molar-refractivity contribution in [1.82, 2.24) is 0 Å². The van der Waals surface area contributed by atoms with Crippen LogP contribution in [0, 0.1) is 11.8 Å². The van der Waals surface area contributed by atoms with Crippen molar-refractivity contribution in [2.75, 3.05) is 14.2 Å². The Morgan fingerprint density at radius 3 is 1.94 bits per heavy atom. The van der Waals surface area contributed by atoms with E-state index in [-0.39, 0.29) is 17.4 Å². The molecule has 16 heavy (non-hydrogen) atoms. The lowest BCUT2D eigenvalue weighted by molar-refractivity contribution is -0.426. The van der Waals surface area contributed by atoms with Gasteiger partial charge in [0.25, 0.3) is 0 Å². The van der Waals surface area contributed by atoms with Gasteiger partial charge in [0.2, 0.25) is 0 Å². The summed E-state index contributed by atoms with van der Waals surface area (Å²) in [5.41, 5.74) is -0.193. The van der Waals surface area contributed by atoms with Crippen molar-refractivity contribution in [3.8, 4) is 0 Å². The molecule has 4 nitrogen and oxygen atoms in total. The van der Waals surface area contributed by atoms with E-state index in [1.807, 2.05) is 0 Å². The zero-order chi connectivity index (χ0) is 11.6. The Balaban J connectivity index is 2.01. The Kier molecular flexibility index (Phi) is 2.05. The van der Waals surface area contributed by atoms with E-state index >= 15 is 0 Å². The molecular weight excluding hydrogens is 208 g/mol. The third-order valence-electron chi connectivity index (χ3n) is 4.70. The number of methoxy groups -OCH3 is 2. The molecule has 2 unspecified atom stereocenters. The molecule has 2 saturated carbocycles. The summed E-state index contributed by atoms with van der Waals surface area (Å²) in [5.74, 6) is -0.978. The maximum absolute atomic E-state index is 10.4. The molecular formula is C12H20O4. The fraction of sp³-hybridized carbons (Fsp3) is 1.00. The number of hydrogen-bond acceptors (Lipinski definition) is 4. The van der Waals surface area contributed by atoms with Gasteiger partial charge in [-0.2, -0.15) is 0 Å². The van der Waals surface area contributed by atoms with Crippen LogP contribution in [0.15, 0.2) is 0 Å². The molecule has 4 heteroatoms. The zero-order valence-electron chi connectivity index (χ0n) is 10.2. The highest BCUT2D eigenvalue weighted by molar-refractivity contribution is 5.10. The van der Waals surface area contributed by atoms with E-state index < -0.39 is 11.6 Å². The third kappa shape index (κ3) is 1.19. The molecule has 92 valence electrons. The SMILES string of the molecule is COC1(OC)C2CC3(C)CC1CC(O)(C2)O3. The molecule has 2 heterocycles. The lowest BCUT2D eigenvalue weighted by Crippen LogP contribution is -2.70. The molecule has 0 radical (unpaired) electrons. The van der Waals surface area contributed by atoms with Gasteiger partial charge < -0.3 is 19.3 Å². The Morgan fingerprint density at radius 1 is 1.06 bits per heavy atom. The van der Waals surface area contributed by atoms with Crippen LogP contribution >= 0.6 is 0 Å². The molecule has 0 aromatic heterocycles. The van der Waals surface area contributed by atoms with E-state index in [0.717, 1.165) is 12.8 Å². The molecule has 2 saturated heterocycles. The van der Waals surface area contributed by atoms with Crippen molar-refractivity contribution in [2.45, 2.75) is 49.8 Å². The fourth-order valence-corrected chi connectivity index (χ4v) is 4.40. The summed E-state index contributed by atoms with van der Waals surface area (Å²) in [5, 5.41) is 10.4. The minimum absolute atomic E-state index is 0.193. The highest BCUT2D eigenvalue weighted by atomic mass is 16.7. The average molecular weight is 228 g/mol. The highest BCUT2D eigenvalue weighted by Gasteiger charge is 2.67. The maximum atomic E-state index is 10.4. The molecule has 0 spiro atoms. The van der Waals surface area contributed by atoms with Crippen LogP contribution < -0.4 is 0 Å². The van der Waals surface area contributed by atoms with Crippen LogP contribution in [0.4, 0.5) is 0 Å². The smallest absolute Gasteiger partial charge is 0.173 e. The molecule has 4 aliphatic rings. The van der Waals surface area contributed by atoms with Gasteiger partial charge in [-0.05, 0) is 19.8 Å². The quantitative estimate of drug-likeness (QED) is 0.723. The lowest BCUT2D eigenvalue weighted by Gasteiger charge is -2.64. The molecule has 4 fully saturated rings. The van der Waals surface area contributed by atoms with E-state index in [2.05, 4.69) is 6.92 Å². The highest BCUT2D eigenvalue weighted by Crippen LogP contribution is 2.61. The number of ether oxygens (including phenoxy) is 3.